The van der Waals surface area contributed by atoms with Crippen LogP contribution in [0.4, 0.5) is 5.69 Å². The molecule has 0 aromatic heterocycles. The predicted octanol–water partition coefficient (Wildman–Crippen LogP) is 0.768. The summed E-state index contributed by atoms with van der Waals surface area (Å²) in [6.07, 6.45) is 0.778. The lowest BCUT2D eigenvalue weighted by atomic mass is 10.2. The third kappa shape index (κ3) is 2.42. The molecule has 1 atom stereocenters. The van der Waals surface area contributed by atoms with E-state index in [2.05, 4.69) is 0 Å². The van der Waals surface area contributed by atoms with E-state index in [0.29, 0.717) is 18.7 Å². The number of nitro benzene ring substituents is 1. The van der Waals surface area contributed by atoms with E-state index in [0.717, 1.165) is 6.42 Å². The van der Waals surface area contributed by atoms with Gasteiger partial charge < -0.3 is 10.6 Å². The van der Waals surface area contributed by atoms with Gasteiger partial charge in [-0.1, -0.05) is 6.07 Å². The zero-order chi connectivity index (χ0) is 12.4. The molecule has 0 radical (unpaired) electrons. The van der Waals surface area contributed by atoms with Crippen molar-refractivity contribution in [3.63, 3.8) is 0 Å². The van der Waals surface area contributed by atoms with Crippen LogP contribution in [0, 0.1) is 10.1 Å². The Labute approximate surface area is 98.2 Å². The van der Waals surface area contributed by atoms with Crippen LogP contribution in [0.5, 0.6) is 0 Å². The number of likely N-dealkylation sites (tertiary alicyclic amines) is 1. The number of nitro groups is 1. The summed E-state index contributed by atoms with van der Waals surface area (Å²) in [4.78, 5) is 23.7. The first-order valence-corrected chi connectivity index (χ1v) is 5.37. The monoisotopic (exact) mass is 235 g/mol. The van der Waals surface area contributed by atoms with Gasteiger partial charge in [0.25, 0.3) is 11.6 Å². The molecule has 2 rings (SSSR count). The molecule has 1 aliphatic heterocycles. The number of non-ortho nitro benzene ring substituents is 1. The van der Waals surface area contributed by atoms with Gasteiger partial charge >= 0.3 is 0 Å². The van der Waals surface area contributed by atoms with E-state index in [1.165, 1.54) is 18.2 Å². The second-order valence-electron chi connectivity index (χ2n) is 4.11. The Morgan fingerprint density at radius 2 is 2.29 bits per heavy atom. The Balaban J connectivity index is 2.19. The third-order valence-corrected chi connectivity index (χ3v) is 2.82. The van der Waals surface area contributed by atoms with Crippen LogP contribution < -0.4 is 5.73 Å². The molecule has 1 aromatic rings. The molecule has 0 unspecified atom stereocenters. The van der Waals surface area contributed by atoms with Crippen molar-refractivity contribution in [2.45, 2.75) is 12.5 Å². The molecule has 0 spiro atoms. The number of carbonyl (C=O) groups excluding carboxylic acids is 1. The average molecular weight is 235 g/mol. The highest BCUT2D eigenvalue weighted by Gasteiger charge is 2.25. The molecule has 90 valence electrons. The molecule has 17 heavy (non-hydrogen) atoms. The molecule has 1 aromatic carbocycles. The maximum Gasteiger partial charge on any atom is 0.270 e. The van der Waals surface area contributed by atoms with Gasteiger partial charge in [0.15, 0.2) is 0 Å². The molecular weight excluding hydrogens is 222 g/mol. The van der Waals surface area contributed by atoms with Crippen molar-refractivity contribution in [2.24, 2.45) is 5.73 Å². The summed E-state index contributed by atoms with van der Waals surface area (Å²) in [5.74, 6) is -0.193. The summed E-state index contributed by atoms with van der Waals surface area (Å²) in [5.41, 5.74) is 5.99. The SMILES string of the molecule is N[C@H]1CCN(C(=O)c2cccc([N+](=O)[O-])c2)C1. The van der Waals surface area contributed by atoms with Gasteiger partial charge in [0.2, 0.25) is 0 Å². The highest BCUT2D eigenvalue weighted by Crippen LogP contribution is 2.17. The summed E-state index contributed by atoms with van der Waals surface area (Å²) in [6, 6.07) is 5.77. The molecule has 6 nitrogen and oxygen atoms in total. The fourth-order valence-electron chi connectivity index (χ4n) is 1.91. The van der Waals surface area contributed by atoms with Crippen molar-refractivity contribution in [2.75, 3.05) is 13.1 Å². The van der Waals surface area contributed by atoms with E-state index < -0.39 is 4.92 Å². The number of rotatable bonds is 2. The smallest absolute Gasteiger partial charge is 0.270 e. The molecule has 0 aliphatic carbocycles. The lowest BCUT2D eigenvalue weighted by molar-refractivity contribution is -0.384. The molecule has 6 heteroatoms. The number of carbonyl (C=O) groups is 1. The lowest BCUT2D eigenvalue weighted by Gasteiger charge is -2.15. The van der Waals surface area contributed by atoms with Gasteiger partial charge in [0.1, 0.15) is 0 Å². The van der Waals surface area contributed by atoms with E-state index in [-0.39, 0.29) is 17.6 Å². The van der Waals surface area contributed by atoms with Crippen molar-refractivity contribution in [1.29, 1.82) is 0 Å². The summed E-state index contributed by atoms with van der Waals surface area (Å²) in [7, 11) is 0. The Hall–Kier alpha value is -1.95. The van der Waals surface area contributed by atoms with Crippen LogP contribution in [0.1, 0.15) is 16.8 Å². The van der Waals surface area contributed by atoms with Crippen LogP contribution in [0.25, 0.3) is 0 Å². The number of amides is 1. The minimum atomic E-state index is -0.507. The quantitative estimate of drug-likeness (QED) is 0.605. The Bertz CT molecular complexity index is 461. The summed E-state index contributed by atoms with van der Waals surface area (Å²) in [5, 5.41) is 10.6. The van der Waals surface area contributed by atoms with Crippen molar-refractivity contribution < 1.29 is 9.72 Å². The first-order valence-electron chi connectivity index (χ1n) is 5.37. The maximum atomic E-state index is 12.0. The largest absolute Gasteiger partial charge is 0.337 e. The third-order valence-electron chi connectivity index (χ3n) is 2.82. The van der Waals surface area contributed by atoms with Gasteiger partial charge in [-0.3, -0.25) is 14.9 Å². The van der Waals surface area contributed by atoms with E-state index in [4.69, 9.17) is 5.73 Å². The van der Waals surface area contributed by atoms with E-state index in [1.807, 2.05) is 0 Å². The first kappa shape index (κ1) is 11.5. The number of benzene rings is 1. The van der Waals surface area contributed by atoms with Crippen LogP contribution in [-0.4, -0.2) is 34.9 Å². The van der Waals surface area contributed by atoms with Gasteiger partial charge in [-0.15, -0.1) is 0 Å². The van der Waals surface area contributed by atoms with Crippen molar-refractivity contribution >= 4 is 11.6 Å². The Morgan fingerprint density at radius 3 is 2.88 bits per heavy atom. The first-order chi connectivity index (χ1) is 8.08. The van der Waals surface area contributed by atoms with Crippen LogP contribution >= 0.6 is 0 Å². The fraction of sp³-hybridized carbons (Fsp3) is 0.364. The summed E-state index contributed by atoms with van der Waals surface area (Å²) >= 11 is 0. The van der Waals surface area contributed by atoms with E-state index >= 15 is 0 Å². The fourth-order valence-corrected chi connectivity index (χ4v) is 1.91. The zero-order valence-electron chi connectivity index (χ0n) is 9.20. The maximum absolute atomic E-state index is 12.0. The average Bonchev–Trinajstić information content (AvgIpc) is 2.75. The van der Waals surface area contributed by atoms with E-state index in [9.17, 15) is 14.9 Å². The summed E-state index contributed by atoms with van der Waals surface area (Å²) in [6.45, 7) is 1.13. The number of nitrogens with zero attached hydrogens (tertiary/aromatic N) is 2. The molecule has 1 saturated heterocycles. The van der Waals surface area contributed by atoms with Gasteiger partial charge in [0, 0.05) is 36.8 Å². The molecule has 1 fully saturated rings. The van der Waals surface area contributed by atoms with E-state index in [1.54, 1.807) is 11.0 Å². The second kappa shape index (κ2) is 4.50. The van der Waals surface area contributed by atoms with Crippen molar-refractivity contribution in [1.82, 2.24) is 4.90 Å². The number of nitrogens with two attached hydrogens (primary N) is 1. The normalized spacial score (nSPS) is 19.4. The molecule has 2 N–H and O–H groups in total. The Morgan fingerprint density at radius 1 is 1.53 bits per heavy atom. The molecule has 0 bridgehead atoms. The number of hydrogen-bond donors (Lipinski definition) is 1. The minimum Gasteiger partial charge on any atom is -0.337 e. The highest BCUT2D eigenvalue weighted by atomic mass is 16.6. The van der Waals surface area contributed by atoms with Gasteiger partial charge in [-0.05, 0) is 12.5 Å². The van der Waals surface area contributed by atoms with Crippen LogP contribution in [0.15, 0.2) is 24.3 Å². The lowest BCUT2D eigenvalue weighted by Crippen LogP contribution is -2.31. The van der Waals surface area contributed by atoms with Crippen molar-refractivity contribution in [3.05, 3.63) is 39.9 Å². The van der Waals surface area contributed by atoms with Crippen LogP contribution in [-0.2, 0) is 0 Å². The van der Waals surface area contributed by atoms with Gasteiger partial charge in [-0.25, -0.2) is 0 Å². The topological polar surface area (TPSA) is 89.5 Å². The van der Waals surface area contributed by atoms with Crippen molar-refractivity contribution in [3.8, 4) is 0 Å². The van der Waals surface area contributed by atoms with Gasteiger partial charge in [0.05, 0.1) is 4.92 Å². The van der Waals surface area contributed by atoms with Crippen LogP contribution in [0.2, 0.25) is 0 Å². The standard InChI is InChI=1S/C11H13N3O3/c12-9-4-5-13(7-9)11(15)8-2-1-3-10(6-8)14(16)17/h1-3,6,9H,4-5,7,12H2/t9-/m0/s1. The molecule has 1 amide bonds. The molecule has 0 saturated carbocycles. The molecular formula is C11H13N3O3. The minimum absolute atomic E-state index is 0.0117. The number of hydrogen-bond acceptors (Lipinski definition) is 4. The highest BCUT2D eigenvalue weighted by molar-refractivity contribution is 5.95. The zero-order valence-corrected chi connectivity index (χ0v) is 9.20. The van der Waals surface area contributed by atoms with Crippen LogP contribution in [0.3, 0.4) is 0 Å². The second-order valence-corrected chi connectivity index (χ2v) is 4.11. The predicted molar refractivity (Wildman–Crippen MR) is 61.6 cm³/mol. The van der Waals surface area contributed by atoms with Gasteiger partial charge in [-0.2, -0.15) is 0 Å². The Kier molecular flexibility index (Phi) is 3.06. The molecule has 1 heterocycles. The summed E-state index contributed by atoms with van der Waals surface area (Å²) < 4.78 is 0. The molecule has 1 aliphatic rings.